The average Bonchev–Trinajstić information content (AvgIpc) is 2.14. The molecular weight excluding hydrogens is 200 g/mol. The Kier molecular flexibility index (Phi) is 2.38. The molecule has 2 nitrogen and oxygen atoms in total. The largest absolute Gasteiger partial charge is 0.507 e. The van der Waals surface area contributed by atoms with Crippen molar-refractivity contribution < 1.29 is 13.9 Å². The van der Waals surface area contributed by atoms with Crippen LogP contribution in [0.5, 0.6) is 5.75 Å². The lowest BCUT2D eigenvalue weighted by molar-refractivity contribution is 0.147. The number of hydrogen-bond acceptors (Lipinski definition) is 2. The van der Waals surface area contributed by atoms with Gasteiger partial charge in [-0.15, -0.1) is 0 Å². The molecule has 3 N–H and O–H groups in total. The molecule has 1 saturated carbocycles. The highest BCUT2D eigenvalue weighted by Crippen LogP contribution is 2.41. The number of benzene rings is 1. The van der Waals surface area contributed by atoms with Crippen molar-refractivity contribution in [2.24, 2.45) is 5.73 Å². The molecule has 2 rings (SSSR count). The summed E-state index contributed by atoms with van der Waals surface area (Å²) in [7, 11) is 0. The van der Waals surface area contributed by atoms with E-state index in [-0.39, 0.29) is 11.3 Å². The molecule has 1 fully saturated rings. The molecule has 0 aromatic heterocycles. The second kappa shape index (κ2) is 3.45. The third-order valence-corrected chi connectivity index (χ3v) is 3.08. The van der Waals surface area contributed by atoms with E-state index < -0.39 is 12.0 Å². The number of rotatable bonds is 2. The molecule has 0 atom stereocenters. The molecule has 0 aliphatic heterocycles. The number of halogens is 2. The highest BCUT2D eigenvalue weighted by molar-refractivity contribution is 5.40. The van der Waals surface area contributed by atoms with Crippen LogP contribution in [0.4, 0.5) is 8.78 Å². The van der Waals surface area contributed by atoms with Gasteiger partial charge in [-0.05, 0) is 37.0 Å². The van der Waals surface area contributed by atoms with Crippen LogP contribution in [0.2, 0.25) is 0 Å². The summed E-state index contributed by atoms with van der Waals surface area (Å²) in [6.45, 7) is 0. The molecule has 1 aromatic carbocycles. The zero-order chi connectivity index (χ0) is 11.1. The van der Waals surface area contributed by atoms with Gasteiger partial charge in [-0.2, -0.15) is 0 Å². The van der Waals surface area contributed by atoms with Crippen molar-refractivity contribution in [2.75, 3.05) is 0 Å². The number of aromatic hydroxyl groups is 1. The Morgan fingerprint density at radius 1 is 1.33 bits per heavy atom. The van der Waals surface area contributed by atoms with Gasteiger partial charge >= 0.3 is 0 Å². The van der Waals surface area contributed by atoms with E-state index in [0.29, 0.717) is 5.56 Å². The predicted molar refractivity (Wildman–Crippen MR) is 52.8 cm³/mol. The Balaban J connectivity index is 2.38. The summed E-state index contributed by atoms with van der Waals surface area (Å²) in [5.74, 6) is -0.364. The number of alkyl halides is 2. The fourth-order valence-electron chi connectivity index (χ4n) is 1.89. The second-order valence-corrected chi connectivity index (χ2v) is 4.08. The van der Waals surface area contributed by atoms with Crippen molar-refractivity contribution in [1.82, 2.24) is 0 Å². The molecule has 1 aliphatic carbocycles. The molecule has 4 heteroatoms. The van der Waals surface area contributed by atoms with Crippen LogP contribution in [0.1, 0.15) is 36.8 Å². The Bertz CT molecular complexity index is 375. The van der Waals surface area contributed by atoms with Gasteiger partial charge in [-0.3, -0.25) is 0 Å². The Labute approximate surface area is 86.7 Å². The first-order chi connectivity index (χ1) is 7.03. The lowest BCUT2D eigenvalue weighted by Crippen LogP contribution is -2.43. The van der Waals surface area contributed by atoms with E-state index in [9.17, 15) is 13.9 Å². The number of phenols is 1. The molecule has 0 heterocycles. The zero-order valence-electron chi connectivity index (χ0n) is 8.21. The topological polar surface area (TPSA) is 46.2 Å². The molecule has 82 valence electrons. The summed E-state index contributed by atoms with van der Waals surface area (Å²) in [5, 5.41) is 9.24. The molecule has 15 heavy (non-hydrogen) atoms. The first kappa shape index (κ1) is 10.4. The van der Waals surface area contributed by atoms with E-state index in [4.69, 9.17) is 5.73 Å². The summed E-state index contributed by atoms with van der Waals surface area (Å²) < 4.78 is 25.0. The van der Waals surface area contributed by atoms with Gasteiger partial charge in [-0.1, -0.05) is 6.07 Å². The van der Waals surface area contributed by atoms with Gasteiger partial charge < -0.3 is 10.8 Å². The summed E-state index contributed by atoms with van der Waals surface area (Å²) in [6, 6.07) is 4.24. The molecule has 1 aliphatic rings. The van der Waals surface area contributed by atoms with E-state index in [1.54, 1.807) is 6.07 Å². The van der Waals surface area contributed by atoms with Crippen molar-refractivity contribution in [3.8, 4) is 5.75 Å². The average molecular weight is 213 g/mol. The van der Waals surface area contributed by atoms with Crippen molar-refractivity contribution >= 4 is 0 Å². The maximum atomic E-state index is 12.5. The molecule has 0 amide bonds. The van der Waals surface area contributed by atoms with Crippen molar-refractivity contribution in [3.05, 3.63) is 29.3 Å². The minimum absolute atomic E-state index is 0.329. The third kappa shape index (κ3) is 1.69. The summed E-state index contributed by atoms with van der Waals surface area (Å²) in [6.07, 6.45) is 0.0103. The summed E-state index contributed by atoms with van der Waals surface area (Å²) in [5.41, 5.74) is 5.92. The van der Waals surface area contributed by atoms with Crippen molar-refractivity contribution in [3.63, 3.8) is 0 Å². The monoisotopic (exact) mass is 213 g/mol. The van der Waals surface area contributed by atoms with Crippen molar-refractivity contribution in [1.29, 1.82) is 0 Å². The van der Waals surface area contributed by atoms with Crippen LogP contribution in [-0.2, 0) is 5.54 Å². The van der Waals surface area contributed by atoms with Crippen LogP contribution in [0.3, 0.4) is 0 Å². The maximum Gasteiger partial charge on any atom is 0.267 e. The first-order valence-corrected chi connectivity index (χ1v) is 4.93. The molecule has 0 radical (unpaired) electrons. The fourth-order valence-corrected chi connectivity index (χ4v) is 1.89. The quantitative estimate of drug-likeness (QED) is 0.793. The smallest absolute Gasteiger partial charge is 0.267 e. The molecule has 0 spiro atoms. The molecule has 0 unspecified atom stereocenters. The second-order valence-electron chi connectivity index (χ2n) is 4.08. The molecule has 0 bridgehead atoms. The summed E-state index contributed by atoms with van der Waals surface area (Å²) in [4.78, 5) is 0. The predicted octanol–water partition coefficient (Wildman–Crippen LogP) is 2.67. The Morgan fingerprint density at radius 2 is 2.00 bits per heavy atom. The van der Waals surface area contributed by atoms with E-state index in [0.717, 1.165) is 19.3 Å². The van der Waals surface area contributed by atoms with E-state index in [1.807, 2.05) is 0 Å². The standard InChI is InChI=1S/C11H13F2NO/c12-10(13)8-6-7(2-3-9(8)15)11(14)4-1-5-11/h2-3,6,10,15H,1,4-5,14H2. The van der Waals surface area contributed by atoms with Gasteiger partial charge in [0.1, 0.15) is 5.75 Å². The fraction of sp³-hybridized carbons (Fsp3) is 0.455. The molecule has 0 saturated heterocycles. The third-order valence-electron chi connectivity index (χ3n) is 3.08. The van der Waals surface area contributed by atoms with E-state index >= 15 is 0 Å². The number of nitrogens with two attached hydrogens (primary N) is 1. The summed E-state index contributed by atoms with van der Waals surface area (Å²) >= 11 is 0. The SMILES string of the molecule is NC1(c2ccc(O)c(C(F)F)c2)CCC1. The van der Waals surface area contributed by atoms with E-state index in [1.165, 1.54) is 12.1 Å². The normalized spacial score (nSPS) is 18.9. The maximum absolute atomic E-state index is 12.5. The van der Waals surface area contributed by atoms with Crippen LogP contribution >= 0.6 is 0 Å². The Morgan fingerprint density at radius 3 is 2.47 bits per heavy atom. The van der Waals surface area contributed by atoms with Gasteiger partial charge in [0.15, 0.2) is 0 Å². The van der Waals surface area contributed by atoms with Crippen molar-refractivity contribution in [2.45, 2.75) is 31.2 Å². The van der Waals surface area contributed by atoms with Gasteiger partial charge in [-0.25, -0.2) is 8.78 Å². The number of phenolic OH excluding ortho intramolecular Hbond substituents is 1. The van der Waals surface area contributed by atoms with Gasteiger partial charge in [0.05, 0.1) is 5.56 Å². The minimum Gasteiger partial charge on any atom is -0.507 e. The van der Waals surface area contributed by atoms with Crippen LogP contribution in [0, 0.1) is 0 Å². The van der Waals surface area contributed by atoms with Crippen LogP contribution < -0.4 is 5.73 Å². The Hall–Kier alpha value is -1.16. The van der Waals surface area contributed by atoms with Crippen LogP contribution in [0.15, 0.2) is 18.2 Å². The van der Waals surface area contributed by atoms with Gasteiger partial charge in [0, 0.05) is 5.54 Å². The van der Waals surface area contributed by atoms with Gasteiger partial charge in [0.2, 0.25) is 0 Å². The lowest BCUT2D eigenvalue weighted by atomic mass is 9.72. The minimum atomic E-state index is -2.66. The lowest BCUT2D eigenvalue weighted by Gasteiger charge is -2.38. The highest BCUT2D eigenvalue weighted by atomic mass is 19.3. The van der Waals surface area contributed by atoms with Crippen LogP contribution in [0.25, 0.3) is 0 Å². The number of hydrogen-bond donors (Lipinski definition) is 2. The van der Waals surface area contributed by atoms with E-state index in [2.05, 4.69) is 0 Å². The van der Waals surface area contributed by atoms with Gasteiger partial charge in [0.25, 0.3) is 6.43 Å². The molecule has 1 aromatic rings. The highest BCUT2D eigenvalue weighted by Gasteiger charge is 2.35. The van der Waals surface area contributed by atoms with Crippen LogP contribution in [-0.4, -0.2) is 5.11 Å². The molecular formula is C11H13F2NO. The first-order valence-electron chi connectivity index (χ1n) is 4.93. The zero-order valence-corrected chi connectivity index (χ0v) is 8.21.